The fourth-order valence-electron chi connectivity index (χ4n) is 5.03. The molecule has 0 fully saturated rings. The Labute approximate surface area is 232 Å². The maximum absolute atomic E-state index is 11.9. The summed E-state index contributed by atoms with van der Waals surface area (Å²) < 4.78 is 27.9. The van der Waals surface area contributed by atoms with Crippen LogP contribution in [0.5, 0.6) is 34.5 Å². The van der Waals surface area contributed by atoms with E-state index in [1.807, 2.05) is 50.3 Å². The number of hydrogen-bond donors (Lipinski definition) is 2. The predicted octanol–water partition coefficient (Wildman–Crippen LogP) is 6.33. The molecule has 2 N–H and O–H groups in total. The van der Waals surface area contributed by atoms with Crippen LogP contribution in [0.4, 0.5) is 0 Å². The number of methoxy groups -OCH3 is 2. The van der Waals surface area contributed by atoms with Crippen LogP contribution in [0.1, 0.15) is 48.3 Å². The first-order chi connectivity index (χ1) is 19.2. The number of fused-ring (bicyclic) bond motifs is 6. The van der Waals surface area contributed by atoms with Crippen LogP contribution in [-0.2, 0) is 6.42 Å². The van der Waals surface area contributed by atoms with Crippen molar-refractivity contribution in [2.45, 2.75) is 39.2 Å². The zero-order valence-electron chi connectivity index (χ0n) is 23.1. The molecular weight excluding hydrogens is 512 g/mol. The number of rotatable bonds is 4. The molecule has 1 aromatic heterocycles. The van der Waals surface area contributed by atoms with E-state index in [9.17, 15) is 15.0 Å². The molecule has 0 spiro atoms. The van der Waals surface area contributed by atoms with E-state index in [1.54, 1.807) is 21.1 Å². The zero-order valence-corrected chi connectivity index (χ0v) is 23.1. The van der Waals surface area contributed by atoms with Crippen molar-refractivity contribution in [3.05, 3.63) is 92.9 Å². The third kappa shape index (κ3) is 5.04. The predicted molar refractivity (Wildman–Crippen MR) is 151 cm³/mol. The van der Waals surface area contributed by atoms with Gasteiger partial charge in [-0.25, -0.2) is 0 Å². The van der Waals surface area contributed by atoms with Crippen molar-refractivity contribution in [2.24, 2.45) is 0 Å². The van der Waals surface area contributed by atoms with E-state index in [-0.39, 0.29) is 39.9 Å². The second kappa shape index (κ2) is 10.9. The lowest BCUT2D eigenvalue weighted by Gasteiger charge is -2.28. The smallest absolute Gasteiger partial charge is 0.196 e. The van der Waals surface area contributed by atoms with Crippen molar-refractivity contribution in [1.82, 2.24) is 0 Å². The average Bonchev–Trinajstić information content (AvgIpc) is 3.30. The molecule has 8 nitrogen and oxygen atoms in total. The summed E-state index contributed by atoms with van der Waals surface area (Å²) in [6.07, 6.45) is 2.24. The lowest BCUT2D eigenvalue weighted by Crippen LogP contribution is -2.23. The van der Waals surface area contributed by atoms with Crippen LogP contribution in [0.2, 0.25) is 0 Å². The molecule has 0 saturated heterocycles. The van der Waals surface area contributed by atoms with Crippen LogP contribution in [0.25, 0.3) is 11.0 Å². The number of hydrogen-bond acceptors (Lipinski definition) is 8. The van der Waals surface area contributed by atoms with Crippen molar-refractivity contribution >= 4 is 11.0 Å². The Hall–Kier alpha value is -4.59. The van der Waals surface area contributed by atoms with Gasteiger partial charge >= 0.3 is 0 Å². The van der Waals surface area contributed by atoms with E-state index < -0.39 is 0 Å². The third-order valence-electron chi connectivity index (χ3n) is 7.10. The summed E-state index contributed by atoms with van der Waals surface area (Å²) >= 11 is 0. The van der Waals surface area contributed by atoms with E-state index >= 15 is 0 Å². The van der Waals surface area contributed by atoms with Gasteiger partial charge in [0.25, 0.3) is 0 Å². The molecule has 3 aromatic carbocycles. The zero-order chi connectivity index (χ0) is 28.6. The largest absolute Gasteiger partial charge is 0.507 e. The number of benzene rings is 3. The Balaban J connectivity index is 0.000000162. The Bertz CT molecular complexity index is 1660. The van der Waals surface area contributed by atoms with Crippen LogP contribution < -0.4 is 24.4 Å². The number of ether oxygens (including phenoxy) is 4. The van der Waals surface area contributed by atoms with Gasteiger partial charge in [-0.05, 0) is 45.4 Å². The van der Waals surface area contributed by atoms with Crippen LogP contribution in [0.3, 0.4) is 0 Å². The monoisotopic (exact) mass is 544 g/mol. The molecule has 0 saturated carbocycles. The normalized spacial score (nSPS) is 16.3. The summed E-state index contributed by atoms with van der Waals surface area (Å²) in [6.45, 7) is 6.11. The quantitative estimate of drug-likeness (QED) is 0.287. The van der Waals surface area contributed by atoms with Gasteiger partial charge in [-0.15, -0.1) is 0 Å². The Morgan fingerprint density at radius 2 is 1.65 bits per heavy atom. The molecule has 0 radical (unpaired) electrons. The van der Waals surface area contributed by atoms with Crippen molar-refractivity contribution in [3.63, 3.8) is 0 Å². The topological polar surface area (TPSA) is 108 Å². The highest BCUT2D eigenvalue weighted by atomic mass is 16.5. The second-order valence-corrected chi connectivity index (χ2v) is 10.1. The maximum atomic E-state index is 11.9. The van der Waals surface area contributed by atoms with Gasteiger partial charge in [0.2, 0.25) is 0 Å². The summed E-state index contributed by atoms with van der Waals surface area (Å²) in [5, 5.41) is 20.2. The maximum Gasteiger partial charge on any atom is 0.196 e. The lowest BCUT2D eigenvalue weighted by atomic mass is 9.89. The van der Waals surface area contributed by atoms with Gasteiger partial charge in [0.1, 0.15) is 57.3 Å². The molecule has 3 heterocycles. The Morgan fingerprint density at radius 3 is 2.33 bits per heavy atom. The second-order valence-electron chi connectivity index (χ2n) is 10.1. The molecule has 2 atom stereocenters. The average molecular weight is 545 g/mol. The molecule has 40 heavy (non-hydrogen) atoms. The molecule has 8 heteroatoms. The molecule has 4 aromatic rings. The summed E-state index contributed by atoms with van der Waals surface area (Å²) in [6, 6.07) is 14.5. The molecule has 0 aliphatic carbocycles. The van der Waals surface area contributed by atoms with E-state index in [4.69, 9.17) is 23.4 Å². The lowest BCUT2D eigenvalue weighted by molar-refractivity contribution is 0.139. The van der Waals surface area contributed by atoms with Gasteiger partial charge in [-0.2, -0.15) is 0 Å². The van der Waals surface area contributed by atoms with Crippen molar-refractivity contribution in [3.8, 4) is 34.5 Å². The van der Waals surface area contributed by atoms with Gasteiger partial charge in [0.15, 0.2) is 5.43 Å². The van der Waals surface area contributed by atoms with Crippen LogP contribution >= 0.6 is 0 Å². The van der Waals surface area contributed by atoms with E-state index in [1.165, 1.54) is 17.7 Å². The van der Waals surface area contributed by atoms with E-state index in [0.717, 1.165) is 34.1 Å². The van der Waals surface area contributed by atoms with Crippen molar-refractivity contribution < 1.29 is 33.6 Å². The van der Waals surface area contributed by atoms with E-state index in [2.05, 4.69) is 6.07 Å². The first-order valence-corrected chi connectivity index (χ1v) is 13.0. The molecule has 2 aliphatic rings. The number of phenols is 2. The molecule has 0 bridgehead atoms. The highest BCUT2D eigenvalue weighted by molar-refractivity contribution is 5.86. The number of aromatic hydroxyl groups is 2. The number of allylic oxidation sites excluding steroid dienone is 2. The minimum absolute atomic E-state index is 0.00163. The SMILES string of the molecule is CC(C)=CCc1c(O)cc2oc(C)cc(=O)c2c1O.COc1ccc2c(c1)OC1c3ccc(OC)cc3OCC21. The van der Waals surface area contributed by atoms with Gasteiger partial charge in [0.05, 0.1) is 26.7 Å². The van der Waals surface area contributed by atoms with Crippen LogP contribution in [0.15, 0.2) is 69.4 Å². The molecule has 6 rings (SSSR count). The Kier molecular flexibility index (Phi) is 7.34. The van der Waals surface area contributed by atoms with Gasteiger partial charge in [-0.3, -0.25) is 4.79 Å². The first kappa shape index (κ1) is 27.0. The van der Waals surface area contributed by atoms with Crippen molar-refractivity contribution in [2.75, 3.05) is 20.8 Å². The summed E-state index contributed by atoms with van der Waals surface area (Å²) in [5.41, 5.74) is 3.54. The van der Waals surface area contributed by atoms with Gasteiger partial charge in [-0.1, -0.05) is 17.7 Å². The summed E-state index contributed by atoms with van der Waals surface area (Å²) in [4.78, 5) is 11.9. The molecule has 0 amide bonds. The fraction of sp³-hybridized carbons (Fsp3) is 0.281. The number of aryl methyl sites for hydroxylation is 1. The minimum atomic E-state index is -0.310. The fourth-order valence-corrected chi connectivity index (χ4v) is 5.03. The van der Waals surface area contributed by atoms with Crippen LogP contribution in [0, 0.1) is 6.92 Å². The minimum Gasteiger partial charge on any atom is -0.507 e. The van der Waals surface area contributed by atoms with E-state index in [0.29, 0.717) is 24.4 Å². The van der Waals surface area contributed by atoms with Crippen LogP contribution in [-0.4, -0.2) is 31.0 Å². The highest BCUT2D eigenvalue weighted by Crippen LogP contribution is 2.52. The van der Waals surface area contributed by atoms with Gasteiger partial charge in [0, 0.05) is 41.0 Å². The highest BCUT2D eigenvalue weighted by Gasteiger charge is 2.40. The summed E-state index contributed by atoms with van der Waals surface area (Å²) in [7, 11) is 3.32. The third-order valence-corrected chi connectivity index (χ3v) is 7.10. The number of phenolic OH excluding ortho intramolecular Hbond substituents is 2. The van der Waals surface area contributed by atoms with Crippen molar-refractivity contribution in [1.29, 1.82) is 0 Å². The summed E-state index contributed by atoms with van der Waals surface area (Å²) in [5.74, 6) is 3.72. The first-order valence-electron chi connectivity index (χ1n) is 13.0. The molecule has 2 unspecified atom stereocenters. The molecule has 2 aliphatic heterocycles. The Morgan fingerprint density at radius 1 is 0.975 bits per heavy atom. The van der Waals surface area contributed by atoms with Gasteiger partial charge < -0.3 is 33.6 Å². The molecule has 208 valence electrons. The standard InChI is InChI=1S/C17H16O4.C15H16O4/c1-18-10-4-6-13-15(7-10)20-9-14-12-5-3-11(19-2)8-16(12)21-17(13)14;1-8(2)4-5-10-11(16)7-13-14(15(10)18)12(17)6-9(3)19-13/h3-8,14,17H,9H2,1-2H3;4,6-7,16,18H,5H2,1-3H3. The molecular formula is C32H32O8.